The minimum absolute atomic E-state index is 0.000321. The van der Waals surface area contributed by atoms with Gasteiger partial charge in [0, 0.05) is 12.1 Å². The van der Waals surface area contributed by atoms with E-state index in [0.717, 1.165) is 23.1 Å². The molecule has 0 aromatic heterocycles. The van der Waals surface area contributed by atoms with Gasteiger partial charge in [-0.2, -0.15) is 0 Å². The van der Waals surface area contributed by atoms with Gasteiger partial charge in [-0.15, -0.1) is 0 Å². The summed E-state index contributed by atoms with van der Waals surface area (Å²) in [6.07, 6.45) is 1.05. The maximum atomic E-state index is 12.8. The van der Waals surface area contributed by atoms with Gasteiger partial charge in [0.05, 0.1) is 12.0 Å². The lowest BCUT2D eigenvalue weighted by Crippen LogP contribution is -2.38. The van der Waals surface area contributed by atoms with E-state index in [1.165, 1.54) is 0 Å². The van der Waals surface area contributed by atoms with Crippen molar-refractivity contribution in [2.75, 3.05) is 4.90 Å². The first kappa shape index (κ1) is 13.6. The molecule has 1 atom stereocenters. The number of aldehydes is 1. The molecule has 0 N–H and O–H groups in total. The zero-order valence-electron chi connectivity index (χ0n) is 12.0. The van der Waals surface area contributed by atoms with Gasteiger partial charge in [-0.25, -0.2) is 0 Å². The Labute approximate surface area is 124 Å². The SMILES string of the molecule is CC1(CC=O)C(=O)N(Cc2ccccc2)c2ccccc21. The third-order valence-corrected chi connectivity index (χ3v) is 4.18. The van der Waals surface area contributed by atoms with Crippen LogP contribution >= 0.6 is 0 Å². The summed E-state index contributed by atoms with van der Waals surface area (Å²) in [5, 5.41) is 0. The fourth-order valence-corrected chi connectivity index (χ4v) is 2.98. The highest BCUT2D eigenvalue weighted by Crippen LogP contribution is 2.43. The molecule has 2 aromatic carbocycles. The Morgan fingerprint density at radius 1 is 1.05 bits per heavy atom. The summed E-state index contributed by atoms with van der Waals surface area (Å²) in [6.45, 7) is 2.39. The van der Waals surface area contributed by atoms with E-state index in [-0.39, 0.29) is 12.3 Å². The van der Waals surface area contributed by atoms with E-state index in [9.17, 15) is 9.59 Å². The van der Waals surface area contributed by atoms with Crippen LogP contribution in [0.5, 0.6) is 0 Å². The Morgan fingerprint density at radius 3 is 2.43 bits per heavy atom. The molecule has 21 heavy (non-hydrogen) atoms. The Morgan fingerprint density at radius 2 is 1.71 bits per heavy atom. The van der Waals surface area contributed by atoms with E-state index in [0.29, 0.717) is 6.54 Å². The van der Waals surface area contributed by atoms with E-state index in [1.807, 2.05) is 61.5 Å². The molecule has 0 fully saturated rings. The van der Waals surface area contributed by atoms with Crippen LogP contribution in [0.1, 0.15) is 24.5 Å². The molecule has 0 bridgehead atoms. The molecule has 1 amide bonds. The number of amides is 1. The average molecular weight is 279 g/mol. The average Bonchev–Trinajstić information content (AvgIpc) is 2.72. The Hall–Kier alpha value is -2.42. The van der Waals surface area contributed by atoms with E-state index in [2.05, 4.69) is 0 Å². The van der Waals surface area contributed by atoms with Crippen LogP contribution in [-0.2, 0) is 21.5 Å². The number of carbonyl (C=O) groups is 2. The summed E-state index contributed by atoms with van der Waals surface area (Å²) in [6, 6.07) is 17.6. The minimum atomic E-state index is -0.743. The number of hydrogen-bond donors (Lipinski definition) is 0. The molecule has 106 valence electrons. The van der Waals surface area contributed by atoms with Gasteiger partial charge in [0.2, 0.25) is 5.91 Å². The van der Waals surface area contributed by atoms with Gasteiger partial charge < -0.3 is 9.69 Å². The number of rotatable bonds is 4. The predicted octanol–water partition coefficient (Wildman–Crippen LogP) is 3.08. The van der Waals surface area contributed by atoms with Crippen molar-refractivity contribution in [1.82, 2.24) is 0 Å². The number of para-hydroxylation sites is 1. The summed E-state index contributed by atoms with van der Waals surface area (Å²) in [5.74, 6) is -0.000321. The van der Waals surface area contributed by atoms with E-state index >= 15 is 0 Å². The molecule has 1 heterocycles. The number of carbonyl (C=O) groups excluding carboxylic acids is 2. The largest absolute Gasteiger partial charge is 0.307 e. The number of fused-ring (bicyclic) bond motifs is 1. The summed E-state index contributed by atoms with van der Waals surface area (Å²) < 4.78 is 0. The molecular formula is C18H17NO2. The van der Waals surface area contributed by atoms with Crippen molar-refractivity contribution in [3.63, 3.8) is 0 Å². The summed E-state index contributed by atoms with van der Waals surface area (Å²) in [4.78, 5) is 25.6. The first-order chi connectivity index (χ1) is 10.2. The highest BCUT2D eigenvalue weighted by atomic mass is 16.2. The standard InChI is InChI=1S/C18H17NO2/c1-18(11-12-20)15-9-5-6-10-16(15)19(17(18)21)13-14-7-3-2-4-8-14/h2-10,12H,11,13H2,1H3. The van der Waals surface area contributed by atoms with Crippen LogP contribution in [0.4, 0.5) is 5.69 Å². The van der Waals surface area contributed by atoms with E-state index in [1.54, 1.807) is 4.90 Å². The fraction of sp³-hybridized carbons (Fsp3) is 0.222. The summed E-state index contributed by atoms with van der Waals surface area (Å²) in [7, 11) is 0. The van der Waals surface area contributed by atoms with Crippen LogP contribution in [-0.4, -0.2) is 12.2 Å². The number of anilines is 1. The lowest BCUT2D eigenvalue weighted by Gasteiger charge is -2.22. The molecule has 3 heteroatoms. The van der Waals surface area contributed by atoms with Gasteiger partial charge in [-0.05, 0) is 24.1 Å². The van der Waals surface area contributed by atoms with Crippen molar-refractivity contribution in [3.05, 3.63) is 65.7 Å². The highest BCUT2D eigenvalue weighted by molar-refractivity contribution is 6.08. The fourth-order valence-electron chi connectivity index (χ4n) is 2.98. The maximum absolute atomic E-state index is 12.8. The molecule has 1 unspecified atom stereocenters. The summed E-state index contributed by atoms with van der Waals surface area (Å²) in [5.41, 5.74) is 2.19. The predicted molar refractivity (Wildman–Crippen MR) is 82.1 cm³/mol. The number of benzene rings is 2. The van der Waals surface area contributed by atoms with Crippen molar-refractivity contribution in [2.24, 2.45) is 0 Å². The van der Waals surface area contributed by atoms with Gasteiger partial charge in [0.1, 0.15) is 6.29 Å². The van der Waals surface area contributed by atoms with Crippen LogP contribution < -0.4 is 4.90 Å². The van der Waals surface area contributed by atoms with Crippen LogP contribution in [0, 0.1) is 0 Å². The molecule has 2 aromatic rings. The zero-order valence-corrected chi connectivity index (χ0v) is 12.0. The number of nitrogens with zero attached hydrogens (tertiary/aromatic N) is 1. The van der Waals surface area contributed by atoms with Crippen molar-refractivity contribution < 1.29 is 9.59 Å². The molecule has 3 nitrogen and oxygen atoms in total. The Balaban J connectivity index is 2.03. The van der Waals surface area contributed by atoms with Gasteiger partial charge in [0.15, 0.2) is 0 Å². The van der Waals surface area contributed by atoms with Gasteiger partial charge in [0.25, 0.3) is 0 Å². The topological polar surface area (TPSA) is 37.4 Å². The zero-order chi connectivity index (χ0) is 14.9. The molecule has 0 spiro atoms. The van der Waals surface area contributed by atoms with Crippen molar-refractivity contribution in [1.29, 1.82) is 0 Å². The van der Waals surface area contributed by atoms with E-state index in [4.69, 9.17) is 0 Å². The smallest absolute Gasteiger partial charge is 0.238 e. The van der Waals surface area contributed by atoms with Gasteiger partial charge in [-0.3, -0.25) is 4.79 Å². The third-order valence-electron chi connectivity index (χ3n) is 4.18. The van der Waals surface area contributed by atoms with Crippen LogP contribution in [0.2, 0.25) is 0 Å². The highest BCUT2D eigenvalue weighted by Gasteiger charge is 2.46. The van der Waals surface area contributed by atoms with Crippen LogP contribution in [0.15, 0.2) is 54.6 Å². The lowest BCUT2D eigenvalue weighted by molar-refractivity contribution is -0.125. The normalized spacial score (nSPS) is 20.4. The molecule has 0 radical (unpaired) electrons. The Bertz CT molecular complexity index is 681. The van der Waals surface area contributed by atoms with Gasteiger partial charge >= 0.3 is 0 Å². The van der Waals surface area contributed by atoms with Crippen molar-refractivity contribution in [3.8, 4) is 0 Å². The lowest BCUT2D eigenvalue weighted by atomic mass is 9.81. The summed E-state index contributed by atoms with van der Waals surface area (Å²) >= 11 is 0. The van der Waals surface area contributed by atoms with Crippen LogP contribution in [0.3, 0.4) is 0 Å². The second-order valence-corrected chi connectivity index (χ2v) is 5.60. The molecule has 0 saturated carbocycles. The van der Waals surface area contributed by atoms with Gasteiger partial charge in [-0.1, -0.05) is 48.5 Å². The second kappa shape index (κ2) is 5.17. The second-order valence-electron chi connectivity index (χ2n) is 5.60. The molecule has 1 aliphatic heterocycles. The van der Waals surface area contributed by atoms with E-state index < -0.39 is 5.41 Å². The Kier molecular flexibility index (Phi) is 3.34. The minimum Gasteiger partial charge on any atom is -0.307 e. The monoisotopic (exact) mass is 279 g/mol. The molecule has 0 saturated heterocycles. The molecule has 0 aliphatic carbocycles. The van der Waals surface area contributed by atoms with Crippen molar-refractivity contribution in [2.45, 2.75) is 25.3 Å². The third kappa shape index (κ3) is 2.15. The molecular weight excluding hydrogens is 262 g/mol. The first-order valence-electron chi connectivity index (χ1n) is 7.06. The quantitative estimate of drug-likeness (QED) is 0.807. The van der Waals surface area contributed by atoms with Crippen molar-refractivity contribution >= 4 is 17.9 Å². The first-order valence-corrected chi connectivity index (χ1v) is 7.06. The molecule has 1 aliphatic rings. The number of hydrogen-bond acceptors (Lipinski definition) is 2. The van der Waals surface area contributed by atoms with Crippen LogP contribution in [0.25, 0.3) is 0 Å². The maximum Gasteiger partial charge on any atom is 0.238 e. The molecule has 3 rings (SSSR count).